The van der Waals surface area contributed by atoms with Crippen LogP contribution in [0.15, 0.2) is 186 Å². The largest absolute Gasteiger partial charge is 0.456 e. The predicted octanol–water partition coefficient (Wildman–Crippen LogP) is 16.2. The van der Waals surface area contributed by atoms with Gasteiger partial charge >= 0.3 is 0 Å². The van der Waals surface area contributed by atoms with Crippen LogP contribution in [-0.2, 0) is 0 Å². The van der Waals surface area contributed by atoms with E-state index in [0.717, 1.165) is 21.9 Å². The van der Waals surface area contributed by atoms with Crippen LogP contribution in [0.4, 0.5) is 0 Å². The van der Waals surface area contributed by atoms with Crippen LogP contribution in [-0.4, -0.2) is 0 Å². The summed E-state index contributed by atoms with van der Waals surface area (Å²) in [5, 5.41) is 20.3. The van der Waals surface area contributed by atoms with Gasteiger partial charge in [0, 0.05) is 30.9 Å². The first-order valence-corrected chi connectivity index (χ1v) is 20.0. The number of hydrogen-bond acceptors (Lipinski definition) is 2. The number of fused-ring (bicyclic) bond motifs is 16. The molecule has 13 rings (SSSR count). The maximum Gasteiger partial charge on any atom is 0.135 e. The topological polar surface area (TPSA) is 13.1 Å². The van der Waals surface area contributed by atoms with Crippen molar-refractivity contribution >= 4 is 118 Å². The highest BCUT2D eigenvalue weighted by molar-refractivity contribution is 7.26. The molecule has 0 saturated heterocycles. The Hall–Kier alpha value is -7.00. The molecule has 13 aromatic rings. The smallest absolute Gasteiger partial charge is 0.135 e. The van der Waals surface area contributed by atoms with Crippen LogP contribution < -0.4 is 0 Å². The Bertz CT molecular complexity index is 3820. The maximum atomic E-state index is 6.42. The zero-order valence-electron chi connectivity index (χ0n) is 30.1. The molecule has 1 nitrogen and oxygen atoms in total. The van der Waals surface area contributed by atoms with Crippen LogP contribution in [0.25, 0.3) is 129 Å². The normalized spacial score (nSPS) is 12.3. The lowest BCUT2D eigenvalue weighted by atomic mass is 9.91. The summed E-state index contributed by atoms with van der Waals surface area (Å²) in [7, 11) is 0. The molecule has 11 aromatic carbocycles. The highest BCUT2D eigenvalue weighted by Gasteiger charge is 2.16. The number of rotatable bonds is 2. The first-order chi connectivity index (χ1) is 27.7. The fourth-order valence-corrected chi connectivity index (χ4v) is 10.6. The highest BCUT2D eigenvalue weighted by Crippen LogP contribution is 2.44. The van der Waals surface area contributed by atoms with E-state index in [1.807, 2.05) is 11.3 Å². The lowest BCUT2D eigenvalue weighted by Gasteiger charge is -2.13. The molecule has 0 fully saturated rings. The van der Waals surface area contributed by atoms with E-state index in [-0.39, 0.29) is 0 Å². The van der Waals surface area contributed by atoms with Gasteiger partial charge in [0.2, 0.25) is 0 Å². The van der Waals surface area contributed by atoms with Crippen molar-refractivity contribution in [2.45, 2.75) is 0 Å². The van der Waals surface area contributed by atoms with Crippen molar-refractivity contribution in [3.05, 3.63) is 182 Å². The molecule has 0 unspecified atom stereocenters. The summed E-state index contributed by atoms with van der Waals surface area (Å²) in [5.74, 6) is 0. The zero-order chi connectivity index (χ0) is 36.5. The zero-order valence-corrected chi connectivity index (χ0v) is 31.0. The third-order valence-corrected chi connectivity index (χ3v) is 13.3. The quantitative estimate of drug-likeness (QED) is 0.162. The first kappa shape index (κ1) is 30.3. The van der Waals surface area contributed by atoms with Gasteiger partial charge in [0.15, 0.2) is 0 Å². The van der Waals surface area contributed by atoms with E-state index in [4.69, 9.17) is 4.42 Å². The molecule has 56 heavy (non-hydrogen) atoms. The number of benzene rings is 11. The molecule has 0 atom stereocenters. The molecule has 0 aliphatic rings. The average molecular weight is 727 g/mol. The van der Waals surface area contributed by atoms with Gasteiger partial charge in [-0.15, -0.1) is 11.3 Å². The van der Waals surface area contributed by atoms with E-state index in [2.05, 4.69) is 182 Å². The minimum absolute atomic E-state index is 0.905. The van der Waals surface area contributed by atoms with Crippen molar-refractivity contribution in [3.63, 3.8) is 0 Å². The summed E-state index contributed by atoms with van der Waals surface area (Å²) in [6, 6.07) is 67.4. The summed E-state index contributed by atoms with van der Waals surface area (Å²) in [6.07, 6.45) is 0. The molecular formula is C54H30OS. The van der Waals surface area contributed by atoms with Gasteiger partial charge in [-0.25, -0.2) is 0 Å². The molecule has 0 spiro atoms. The maximum absolute atomic E-state index is 6.42. The molecule has 0 aliphatic carbocycles. The van der Waals surface area contributed by atoms with Crippen LogP contribution in [0.2, 0.25) is 0 Å². The monoisotopic (exact) mass is 726 g/mol. The van der Waals surface area contributed by atoms with E-state index < -0.39 is 0 Å². The van der Waals surface area contributed by atoms with Crippen LogP contribution in [0.1, 0.15) is 0 Å². The summed E-state index contributed by atoms with van der Waals surface area (Å²) < 4.78 is 9.09. The Morgan fingerprint density at radius 2 is 0.696 bits per heavy atom. The molecule has 0 N–H and O–H groups in total. The Balaban J connectivity index is 0.974. The van der Waals surface area contributed by atoms with Crippen molar-refractivity contribution in [1.82, 2.24) is 0 Å². The van der Waals surface area contributed by atoms with E-state index in [0.29, 0.717) is 0 Å². The van der Waals surface area contributed by atoms with Gasteiger partial charge in [-0.2, -0.15) is 0 Å². The van der Waals surface area contributed by atoms with Gasteiger partial charge in [-0.1, -0.05) is 121 Å². The van der Waals surface area contributed by atoms with Crippen LogP contribution >= 0.6 is 11.3 Å². The van der Waals surface area contributed by atoms with Crippen LogP contribution in [0.3, 0.4) is 0 Å². The Morgan fingerprint density at radius 3 is 1.41 bits per heavy atom. The van der Waals surface area contributed by atoms with E-state index in [1.54, 1.807) is 0 Å². The van der Waals surface area contributed by atoms with E-state index in [1.165, 1.54) is 107 Å². The van der Waals surface area contributed by atoms with Gasteiger partial charge < -0.3 is 4.42 Å². The van der Waals surface area contributed by atoms with Gasteiger partial charge in [0.1, 0.15) is 11.2 Å². The van der Waals surface area contributed by atoms with Gasteiger partial charge in [-0.3, -0.25) is 0 Å². The summed E-state index contributed by atoms with van der Waals surface area (Å²) in [5.41, 5.74) is 6.58. The molecule has 0 saturated carbocycles. The first-order valence-electron chi connectivity index (χ1n) is 19.2. The molecule has 2 heteroatoms. The summed E-state index contributed by atoms with van der Waals surface area (Å²) in [4.78, 5) is 0. The SMILES string of the molecule is c1ccc2cc3c(cc2c1)sc1cc2c4ccc(-c5ccc6oc7ccc(-c8ccc9ccc%10ccccc%10c9c8)cc7c6c5)cc4c4ccccc4c2cc13. The standard InChI is InChI=1S/C54H30OS/c1-2-9-34-28-53-49(27-33(34)8-1)50-29-45-41-12-6-5-11-40(41)44-24-36(17-20-42(44)46(45)30-54(50)56-53)38-19-22-52-48(26-38)47-25-37(18-21-51(47)55-52)35-16-15-32-14-13-31-7-3-4-10-39(31)43(32)23-35/h1-30H. The Kier molecular flexibility index (Phi) is 6.11. The van der Waals surface area contributed by atoms with Crippen LogP contribution in [0, 0.1) is 0 Å². The third kappa shape index (κ3) is 4.36. The van der Waals surface area contributed by atoms with E-state index >= 15 is 0 Å². The van der Waals surface area contributed by atoms with Gasteiger partial charge in [0.25, 0.3) is 0 Å². The summed E-state index contributed by atoms with van der Waals surface area (Å²) >= 11 is 1.90. The van der Waals surface area contributed by atoms with E-state index in [9.17, 15) is 0 Å². The minimum Gasteiger partial charge on any atom is -0.456 e. The number of thiophene rings is 1. The number of furan rings is 1. The van der Waals surface area contributed by atoms with Gasteiger partial charge in [-0.05, 0) is 148 Å². The fourth-order valence-electron chi connectivity index (χ4n) is 9.41. The molecule has 0 radical (unpaired) electrons. The van der Waals surface area contributed by atoms with Crippen molar-refractivity contribution in [1.29, 1.82) is 0 Å². The van der Waals surface area contributed by atoms with Crippen LogP contribution in [0.5, 0.6) is 0 Å². The molecule has 2 aromatic heterocycles. The molecule has 0 amide bonds. The summed E-state index contributed by atoms with van der Waals surface area (Å²) in [6.45, 7) is 0. The molecule has 0 bridgehead atoms. The van der Waals surface area contributed by atoms with Crippen molar-refractivity contribution in [2.75, 3.05) is 0 Å². The lowest BCUT2D eigenvalue weighted by molar-refractivity contribution is 0.669. The second-order valence-corrected chi connectivity index (χ2v) is 16.3. The van der Waals surface area contributed by atoms with Crippen molar-refractivity contribution in [3.8, 4) is 22.3 Å². The molecule has 258 valence electrons. The molecule has 2 heterocycles. The molecule has 0 aliphatic heterocycles. The molecular weight excluding hydrogens is 697 g/mol. The number of hydrogen-bond donors (Lipinski definition) is 0. The predicted molar refractivity (Wildman–Crippen MR) is 243 cm³/mol. The average Bonchev–Trinajstić information content (AvgIpc) is 3.81. The third-order valence-electron chi connectivity index (χ3n) is 12.2. The fraction of sp³-hybridized carbons (Fsp3) is 0. The second kappa shape index (κ2) is 11.3. The minimum atomic E-state index is 0.905. The highest BCUT2D eigenvalue weighted by atomic mass is 32.1. The Labute approximate surface area is 325 Å². The lowest BCUT2D eigenvalue weighted by Crippen LogP contribution is -1.85. The second-order valence-electron chi connectivity index (χ2n) is 15.2. The van der Waals surface area contributed by atoms with Crippen molar-refractivity contribution in [2.24, 2.45) is 0 Å². The van der Waals surface area contributed by atoms with Gasteiger partial charge in [0.05, 0.1) is 0 Å². The Morgan fingerprint density at radius 1 is 0.250 bits per heavy atom. The van der Waals surface area contributed by atoms with Crippen molar-refractivity contribution < 1.29 is 4.42 Å².